The molecule has 0 aliphatic carbocycles. The van der Waals surface area contributed by atoms with Crippen LogP contribution in [0.15, 0.2) is 36.5 Å². The zero-order valence-corrected chi connectivity index (χ0v) is 21.5. The summed E-state index contributed by atoms with van der Waals surface area (Å²) in [6, 6.07) is 0. The van der Waals surface area contributed by atoms with Crippen molar-refractivity contribution < 1.29 is 44.5 Å². The number of carbonyl (C=O) groups excluding carboxylic acids is 1. The summed E-state index contributed by atoms with van der Waals surface area (Å²) in [5.74, 6) is -0.400. The normalized spacial score (nSPS) is 25.8. The lowest BCUT2D eigenvalue weighted by molar-refractivity contribution is -0.305. The van der Waals surface area contributed by atoms with Gasteiger partial charge in [-0.05, 0) is 38.5 Å². The van der Waals surface area contributed by atoms with Crippen molar-refractivity contribution >= 4 is 5.97 Å². The second-order valence-corrected chi connectivity index (χ2v) is 8.97. The van der Waals surface area contributed by atoms with E-state index in [1.807, 2.05) is 0 Å². The minimum atomic E-state index is -1.56. The highest BCUT2D eigenvalue weighted by Crippen LogP contribution is 2.22. The van der Waals surface area contributed by atoms with E-state index in [0.29, 0.717) is 0 Å². The van der Waals surface area contributed by atoms with E-state index < -0.39 is 49.4 Å². The molecule has 9 heteroatoms. The van der Waals surface area contributed by atoms with Gasteiger partial charge in [-0.1, -0.05) is 62.6 Å². The summed E-state index contributed by atoms with van der Waals surface area (Å²) in [5, 5.41) is 48.5. The van der Waals surface area contributed by atoms with E-state index in [1.54, 1.807) is 0 Å². The van der Waals surface area contributed by atoms with Crippen LogP contribution >= 0.6 is 0 Å². The summed E-state index contributed by atoms with van der Waals surface area (Å²) in [4.78, 5) is 11.9. The van der Waals surface area contributed by atoms with Crippen molar-refractivity contribution in [3.63, 3.8) is 0 Å². The quantitative estimate of drug-likeness (QED) is 0.0995. The molecular formula is C27H46O9. The predicted molar refractivity (Wildman–Crippen MR) is 136 cm³/mol. The number of unbranched alkanes of at least 4 members (excludes halogenated alkanes) is 5. The summed E-state index contributed by atoms with van der Waals surface area (Å²) in [6.07, 6.45) is 14.3. The molecule has 0 aromatic carbocycles. The Morgan fingerprint density at radius 2 is 1.50 bits per heavy atom. The molecule has 0 aromatic heterocycles. The predicted octanol–water partition coefficient (Wildman–Crippen LogP) is 2.30. The SMILES string of the molecule is CCC=CCC=CCC=CCCCCCCCC(=O)OCC(O)COC1OC(CO)C(O)C(O)C1O. The van der Waals surface area contributed by atoms with Crippen molar-refractivity contribution in [3.8, 4) is 0 Å². The first-order valence-electron chi connectivity index (χ1n) is 13.1. The molecule has 9 nitrogen and oxygen atoms in total. The lowest BCUT2D eigenvalue weighted by Crippen LogP contribution is -2.59. The van der Waals surface area contributed by atoms with Crippen molar-refractivity contribution in [2.24, 2.45) is 0 Å². The van der Waals surface area contributed by atoms with Crippen LogP contribution in [0.1, 0.15) is 71.1 Å². The maximum absolute atomic E-state index is 11.9. The van der Waals surface area contributed by atoms with Crippen molar-refractivity contribution in [2.45, 2.75) is 108 Å². The van der Waals surface area contributed by atoms with E-state index in [-0.39, 0.29) is 19.6 Å². The van der Waals surface area contributed by atoms with Gasteiger partial charge in [0, 0.05) is 6.42 Å². The van der Waals surface area contributed by atoms with Crippen LogP contribution < -0.4 is 0 Å². The second-order valence-electron chi connectivity index (χ2n) is 8.97. The number of ether oxygens (including phenoxy) is 3. The third-order valence-corrected chi connectivity index (χ3v) is 5.77. The third kappa shape index (κ3) is 14.2. The molecule has 6 unspecified atom stereocenters. The number of allylic oxidation sites excluding steroid dienone is 6. The van der Waals surface area contributed by atoms with E-state index in [4.69, 9.17) is 19.3 Å². The average Bonchev–Trinajstić information content (AvgIpc) is 2.88. The minimum Gasteiger partial charge on any atom is -0.463 e. The van der Waals surface area contributed by atoms with Crippen LogP contribution in [0.3, 0.4) is 0 Å². The molecule has 0 bridgehead atoms. The highest BCUT2D eigenvalue weighted by Gasteiger charge is 2.44. The van der Waals surface area contributed by atoms with Crippen LogP contribution in [0.25, 0.3) is 0 Å². The molecule has 1 heterocycles. The fourth-order valence-electron chi connectivity index (χ4n) is 3.61. The van der Waals surface area contributed by atoms with Gasteiger partial charge in [-0.2, -0.15) is 0 Å². The van der Waals surface area contributed by atoms with Crippen LogP contribution in [0.5, 0.6) is 0 Å². The first kappa shape index (κ1) is 32.4. The molecule has 1 fully saturated rings. The molecule has 1 rings (SSSR count). The largest absolute Gasteiger partial charge is 0.463 e. The Morgan fingerprint density at radius 3 is 2.19 bits per heavy atom. The van der Waals surface area contributed by atoms with Crippen LogP contribution in [0, 0.1) is 0 Å². The Labute approximate surface area is 215 Å². The van der Waals surface area contributed by atoms with Gasteiger partial charge in [0.2, 0.25) is 0 Å². The summed E-state index contributed by atoms with van der Waals surface area (Å²) in [6.45, 7) is 0.964. The highest BCUT2D eigenvalue weighted by atomic mass is 16.7. The molecule has 0 spiro atoms. The first-order chi connectivity index (χ1) is 17.4. The molecule has 1 aliphatic heterocycles. The number of hydrogen-bond donors (Lipinski definition) is 5. The van der Waals surface area contributed by atoms with Crippen LogP contribution in [-0.2, 0) is 19.0 Å². The maximum atomic E-state index is 11.9. The topological polar surface area (TPSA) is 146 Å². The Morgan fingerprint density at radius 1 is 0.861 bits per heavy atom. The van der Waals surface area contributed by atoms with Gasteiger partial charge in [-0.3, -0.25) is 4.79 Å². The van der Waals surface area contributed by atoms with Crippen molar-refractivity contribution in [1.29, 1.82) is 0 Å². The smallest absolute Gasteiger partial charge is 0.305 e. The molecule has 6 atom stereocenters. The second kappa shape index (κ2) is 20.5. The van der Waals surface area contributed by atoms with E-state index in [2.05, 4.69) is 43.4 Å². The number of esters is 1. The van der Waals surface area contributed by atoms with E-state index in [1.165, 1.54) is 0 Å². The van der Waals surface area contributed by atoms with Crippen molar-refractivity contribution in [2.75, 3.05) is 19.8 Å². The maximum Gasteiger partial charge on any atom is 0.305 e. The van der Waals surface area contributed by atoms with Gasteiger partial charge >= 0.3 is 5.97 Å². The molecule has 0 amide bonds. The molecule has 36 heavy (non-hydrogen) atoms. The lowest BCUT2D eigenvalue weighted by Gasteiger charge is -2.39. The zero-order valence-electron chi connectivity index (χ0n) is 21.5. The minimum absolute atomic E-state index is 0.271. The fraction of sp³-hybridized carbons (Fsp3) is 0.741. The monoisotopic (exact) mass is 514 g/mol. The van der Waals surface area contributed by atoms with Crippen LogP contribution in [-0.4, -0.2) is 88.1 Å². The van der Waals surface area contributed by atoms with Gasteiger partial charge in [0.1, 0.15) is 37.1 Å². The number of aliphatic hydroxyl groups excluding tert-OH is 5. The van der Waals surface area contributed by atoms with Crippen molar-refractivity contribution in [1.82, 2.24) is 0 Å². The number of carbonyl (C=O) groups is 1. The number of aliphatic hydroxyl groups is 5. The standard InChI is InChI=1S/C27H46O9/c1-2-3-4-5-6-7-8-9-10-11-12-13-14-15-16-17-23(30)34-19-21(29)20-35-27-26(33)25(32)24(31)22(18-28)36-27/h3-4,6-7,9-10,21-22,24-29,31-33H,2,5,8,11-20H2,1H3. The Balaban J connectivity index is 2.02. The van der Waals surface area contributed by atoms with E-state index in [9.17, 15) is 25.2 Å². The van der Waals surface area contributed by atoms with Gasteiger partial charge in [-0.15, -0.1) is 0 Å². The van der Waals surface area contributed by atoms with Gasteiger partial charge < -0.3 is 39.7 Å². The molecular weight excluding hydrogens is 468 g/mol. The van der Waals surface area contributed by atoms with Gasteiger partial charge in [-0.25, -0.2) is 0 Å². The van der Waals surface area contributed by atoms with E-state index >= 15 is 0 Å². The Hall–Kier alpha value is -1.59. The lowest BCUT2D eigenvalue weighted by atomic mass is 9.99. The summed E-state index contributed by atoms with van der Waals surface area (Å²) >= 11 is 0. The fourth-order valence-corrected chi connectivity index (χ4v) is 3.61. The average molecular weight is 515 g/mol. The zero-order chi connectivity index (χ0) is 26.6. The molecule has 1 saturated heterocycles. The number of hydrogen-bond acceptors (Lipinski definition) is 9. The molecule has 5 N–H and O–H groups in total. The molecule has 0 aromatic rings. The molecule has 0 saturated carbocycles. The van der Waals surface area contributed by atoms with Gasteiger partial charge in [0.25, 0.3) is 0 Å². The van der Waals surface area contributed by atoms with E-state index in [0.717, 1.165) is 57.8 Å². The summed E-state index contributed by atoms with van der Waals surface area (Å²) in [7, 11) is 0. The van der Waals surface area contributed by atoms with Gasteiger partial charge in [0.05, 0.1) is 13.2 Å². The van der Waals surface area contributed by atoms with Gasteiger partial charge in [0.15, 0.2) is 6.29 Å². The molecule has 208 valence electrons. The third-order valence-electron chi connectivity index (χ3n) is 5.77. The van der Waals surface area contributed by atoms with Crippen molar-refractivity contribution in [3.05, 3.63) is 36.5 Å². The molecule has 0 radical (unpaired) electrons. The Kier molecular flexibility index (Phi) is 18.4. The summed E-state index contributed by atoms with van der Waals surface area (Å²) < 4.78 is 15.5. The van der Waals surface area contributed by atoms with Crippen LogP contribution in [0.4, 0.5) is 0 Å². The molecule has 1 aliphatic rings. The summed E-state index contributed by atoms with van der Waals surface area (Å²) in [5.41, 5.74) is 0. The number of rotatable bonds is 19. The highest BCUT2D eigenvalue weighted by molar-refractivity contribution is 5.69. The Bertz CT molecular complexity index is 647. The first-order valence-corrected chi connectivity index (χ1v) is 13.1. The van der Waals surface area contributed by atoms with Crippen LogP contribution in [0.2, 0.25) is 0 Å².